The third-order valence-corrected chi connectivity index (χ3v) is 8.48. The van der Waals surface area contributed by atoms with Gasteiger partial charge in [-0.25, -0.2) is 9.97 Å². The third-order valence-electron chi connectivity index (χ3n) is 6.96. The summed E-state index contributed by atoms with van der Waals surface area (Å²) >= 11 is 7.84. The number of hydrogen-bond donors (Lipinski definition) is 1. The number of hydrogen-bond acceptors (Lipinski definition) is 8. The average molecular weight is 489 g/mol. The number of halogens is 1. The first-order valence-electron chi connectivity index (χ1n) is 11.2. The number of nitrogens with zero attached hydrogens (tertiary/aromatic N) is 3. The number of rotatable bonds is 6. The number of aromatic nitrogens is 2. The maximum Gasteiger partial charge on any atom is 0.261 e. The Hall–Kier alpha value is -2.20. The molecule has 2 aliphatic heterocycles. The normalized spacial score (nSPS) is 26.8. The van der Waals surface area contributed by atoms with Gasteiger partial charge < -0.3 is 10.1 Å². The molecule has 2 saturated heterocycles. The first-order chi connectivity index (χ1) is 16.0. The number of carbonyl (C=O) groups is 3. The quantitative estimate of drug-likeness (QED) is 0.623. The smallest absolute Gasteiger partial charge is 0.261 e. The number of alkyl halides is 1. The van der Waals surface area contributed by atoms with Gasteiger partial charge in [0.1, 0.15) is 19.0 Å². The van der Waals surface area contributed by atoms with Gasteiger partial charge in [-0.2, -0.15) is 0 Å². The first kappa shape index (κ1) is 22.6. The molecule has 3 atom stereocenters. The van der Waals surface area contributed by atoms with E-state index in [4.69, 9.17) is 16.3 Å². The summed E-state index contributed by atoms with van der Waals surface area (Å²) in [4.78, 5) is 50.4. The molecule has 33 heavy (non-hydrogen) atoms. The molecule has 3 aliphatic rings. The molecule has 0 aromatic carbocycles. The molecule has 10 heteroatoms. The lowest BCUT2D eigenvalue weighted by Gasteiger charge is -2.45. The minimum atomic E-state index is -0.788. The van der Waals surface area contributed by atoms with Crippen LogP contribution in [0.5, 0.6) is 0 Å². The second-order valence-corrected chi connectivity index (χ2v) is 10.5. The number of Topliss-reactive ketones (excluding diaryl/α,β-unsaturated/α-hetero) is 2. The molecule has 0 bridgehead atoms. The lowest BCUT2D eigenvalue weighted by Crippen LogP contribution is -2.61. The second-order valence-electron chi connectivity index (χ2n) is 8.84. The fourth-order valence-corrected chi connectivity index (χ4v) is 6.61. The van der Waals surface area contributed by atoms with Gasteiger partial charge in [0.2, 0.25) is 0 Å². The van der Waals surface area contributed by atoms with Crippen molar-refractivity contribution in [3.05, 3.63) is 35.7 Å². The Morgan fingerprint density at radius 3 is 2.73 bits per heavy atom. The predicted molar refractivity (Wildman–Crippen MR) is 123 cm³/mol. The van der Waals surface area contributed by atoms with E-state index in [0.717, 1.165) is 29.7 Å². The fraction of sp³-hybridized carbons (Fsp3) is 0.522. The van der Waals surface area contributed by atoms with E-state index in [1.54, 1.807) is 18.5 Å². The lowest BCUT2D eigenvalue weighted by molar-refractivity contribution is -0.136. The van der Waals surface area contributed by atoms with Crippen LogP contribution in [0.3, 0.4) is 0 Å². The molecule has 174 valence electrons. The Morgan fingerprint density at radius 1 is 1.21 bits per heavy atom. The van der Waals surface area contributed by atoms with Crippen molar-refractivity contribution in [1.29, 1.82) is 0 Å². The standard InChI is InChI=1S/C23H25ClN4O4S/c24-15-11-28(20-16(29)12-32-21(15)20)23(6-2-1-3-7-23)19(30)10-27-22(31)18-5-4-17(33-18)14-8-25-13-26-9-14/h4-5,8-9,13,15,20-21H,1-3,6-7,10-12H2,(H,27,31)/t15-,20+,21+/m0/s1. The van der Waals surface area contributed by atoms with Crippen molar-refractivity contribution in [3.63, 3.8) is 0 Å². The number of ketones is 2. The molecule has 5 rings (SSSR count). The summed E-state index contributed by atoms with van der Waals surface area (Å²) in [5.74, 6) is -0.369. The Labute approximate surface area is 200 Å². The summed E-state index contributed by atoms with van der Waals surface area (Å²) < 4.78 is 5.63. The highest BCUT2D eigenvalue weighted by Gasteiger charge is 2.58. The second kappa shape index (κ2) is 9.21. The Morgan fingerprint density at radius 2 is 1.97 bits per heavy atom. The molecule has 1 amide bonds. The molecule has 0 spiro atoms. The molecule has 3 fully saturated rings. The Bertz CT molecular complexity index is 1060. The maximum absolute atomic E-state index is 13.6. The topological polar surface area (TPSA) is 101 Å². The van der Waals surface area contributed by atoms with Gasteiger partial charge in [-0.05, 0) is 25.0 Å². The number of thiophene rings is 1. The zero-order valence-electron chi connectivity index (χ0n) is 18.0. The van der Waals surface area contributed by atoms with Crippen LogP contribution in [0, 0.1) is 0 Å². The van der Waals surface area contributed by atoms with Crippen LogP contribution in [0.25, 0.3) is 10.4 Å². The van der Waals surface area contributed by atoms with Gasteiger partial charge in [0, 0.05) is 29.4 Å². The van der Waals surface area contributed by atoms with Crippen molar-refractivity contribution < 1.29 is 19.1 Å². The van der Waals surface area contributed by atoms with E-state index in [0.29, 0.717) is 24.3 Å². The van der Waals surface area contributed by atoms with Crippen LogP contribution in [0.2, 0.25) is 0 Å². The summed E-state index contributed by atoms with van der Waals surface area (Å²) in [6, 6.07) is 3.11. The molecule has 2 aromatic heterocycles. The van der Waals surface area contributed by atoms with Crippen LogP contribution in [0.1, 0.15) is 41.8 Å². The first-order valence-corrected chi connectivity index (χ1v) is 12.5. The van der Waals surface area contributed by atoms with Gasteiger partial charge in [-0.1, -0.05) is 19.3 Å². The molecule has 8 nitrogen and oxygen atoms in total. The fourth-order valence-electron chi connectivity index (χ4n) is 5.35. The van der Waals surface area contributed by atoms with Crippen LogP contribution >= 0.6 is 22.9 Å². The number of nitrogens with one attached hydrogen (secondary N) is 1. The van der Waals surface area contributed by atoms with Crippen molar-refractivity contribution in [2.45, 2.75) is 55.2 Å². The highest BCUT2D eigenvalue weighted by Crippen LogP contribution is 2.42. The van der Waals surface area contributed by atoms with Gasteiger partial charge in [-0.3, -0.25) is 19.3 Å². The number of amides is 1. The van der Waals surface area contributed by atoms with E-state index in [2.05, 4.69) is 15.3 Å². The Balaban J connectivity index is 1.30. The van der Waals surface area contributed by atoms with E-state index in [9.17, 15) is 14.4 Å². The predicted octanol–water partition coefficient (Wildman–Crippen LogP) is 2.47. The van der Waals surface area contributed by atoms with Crippen LogP contribution in [-0.4, -0.2) is 75.1 Å². The largest absolute Gasteiger partial charge is 0.367 e. The third kappa shape index (κ3) is 4.12. The summed E-state index contributed by atoms with van der Waals surface area (Å²) in [5.41, 5.74) is 0.0464. The van der Waals surface area contributed by atoms with Gasteiger partial charge in [0.15, 0.2) is 11.6 Å². The van der Waals surface area contributed by atoms with E-state index in [1.807, 2.05) is 11.0 Å². The molecule has 1 N–H and O–H groups in total. The molecule has 0 radical (unpaired) electrons. The number of carbonyl (C=O) groups excluding carboxylic acids is 3. The lowest BCUT2D eigenvalue weighted by atomic mass is 9.76. The van der Waals surface area contributed by atoms with Gasteiger partial charge in [0.25, 0.3) is 5.91 Å². The zero-order chi connectivity index (χ0) is 23.0. The SMILES string of the molecule is O=C(NCC(=O)C1(N2C[C@H](Cl)[C@H]3OCC(=O)[C@H]32)CCCCC1)c1ccc(-c2cncnc2)s1. The number of likely N-dealkylation sites (tertiary alicyclic amines) is 1. The molecular weight excluding hydrogens is 464 g/mol. The van der Waals surface area contributed by atoms with Crippen molar-refractivity contribution in [2.75, 3.05) is 19.7 Å². The highest BCUT2D eigenvalue weighted by atomic mass is 35.5. The molecule has 0 unspecified atom stereocenters. The van der Waals surface area contributed by atoms with Gasteiger partial charge >= 0.3 is 0 Å². The zero-order valence-corrected chi connectivity index (χ0v) is 19.6. The summed E-state index contributed by atoms with van der Waals surface area (Å²) in [6.45, 7) is 0.398. The van der Waals surface area contributed by atoms with Gasteiger partial charge in [-0.15, -0.1) is 22.9 Å². The minimum Gasteiger partial charge on any atom is -0.367 e. The molecule has 4 heterocycles. The van der Waals surface area contributed by atoms with E-state index in [1.165, 1.54) is 17.7 Å². The number of fused-ring (bicyclic) bond motifs is 1. The summed E-state index contributed by atoms with van der Waals surface area (Å²) in [7, 11) is 0. The van der Waals surface area contributed by atoms with Crippen molar-refractivity contribution in [3.8, 4) is 10.4 Å². The monoisotopic (exact) mass is 488 g/mol. The van der Waals surface area contributed by atoms with Crippen molar-refractivity contribution in [1.82, 2.24) is 20.2 Å². The van der Waals surface area contributed by atoms with E-state index >= 15 is 0 Å². The van der Waals surface area contributed by atoms with Crippen LogP contribution in [-0.2, 0) is 14.3 Å². The van der Waals surface area contributed by atoms with E-state index < -0.39 is 11.6 Å². The summed E-state index contributed by atoms with van der Waals surface area (Å²) in [5, 5.41) is 2.48. The molecule has 2 aromatic rings. The summed E-state index contributed by atoms with van der Waals surface area (Å²) in [6.07, 6.45) is 8.67. The van der Waals surface area contributed by atoms with Crippen LogP contribution < -0.4 is 5.32 Å². The highest BCUT2D eigenvalue weighted by molar-refractivity contribution is 7.17. The molecule has 1 aliphatic carbocycles. The average Bonchev–Trinajstić information content (AvgIpc) is 3.56. The van der Waals surface area contributed by atoms with Crippen LogP contribution in [0.4, 0.5) is 0 Å². The minimum absolute atomic E-state index is 0.0130. The molecule has 1 saturated carbocycles. The van der Waals surface area contributed by atoms with Gasteiger partial charge in [0.05, 0.1) is 28.4 Å². The van der Waals surface area contributed by atoms with Crippen LogP contribution in [0.15, 0.2) is 30.9 Å². The van der Waals surface area contributed by atoms with E-state index in [-0.39, 0.29) is 42.1 Å². The van der Waals surface area contributed by atoms with Crippen molar-refractivity contribution >= 4 is 40.4 Å². The van der Waals surface area contributed by atoms with Crippen molar-refractivity contribution in [2.24, 2.45) is 0 Å². The number of ether oxygens (including phenoxy) is 1. The maximum atomic E-state index is 13.6. The molecular formula is C23H25ClN4O4S. The Kier molecular flexibility index (Phi) is 6.30.